The molecule has 1 saturated carbocycles. The van der Waals surface area contributed by atoms with Gasteiger partial charge < -0.3 is 25.0 Å². The number of rotatable bonds is 7. The monoisotopic (exact) mass is 375 g/mol. The maximum Gasteiger partial charge on any atom is 0.410 e. The molecule has 1 aliphatic carbocycles. The Hall–Kier alpha value is -2.28. The van der Waals surface area contributed by atoms with E-state index in [-0.39, 0.29) is 12.1 Å². The van der Waals surface area contributed by atoms with Crippen molar-refractivity contribution >= 4 is 17.8 Å². The van der Waals surface area contributed by atoms with E-state index in [9.17, 15) is 9.59 Å². The molecule has 3 rings (SSSR count). The Morgan fingerprint density at radius 2 is 2.04 bits per heavy atom. The average molecular weight is 375 g/mol. The molecule has 0 unspecified atom stereocenters. The van der Waals surface area contributed by atoms with Crippen molar-refractivity contribution in [3.8, 4) is 0 Å². The fraction of sp³-hybridized carbons (Fsp3) is 0.600. The molecule has 0 bridgehead atoms. The maximum absolute atomic E-state index is 12.0. The molecule has 0 spiro atoms. The lowest BCUT2D eigenvalue weighted by Crippen LogP contribution is -2.34. The van der Waals surface area contributed by atoms with Gasteiger partial charge in [0.2, 0.25) is 0 Å². The number of anilines is 1. The SMILES string of the molecule is C[C@@H]1CCCC[C@@H]1OCCNC(=O)Nc1ccc(CN2CCOC2=O)cc1. The number of amides is 3. The molecule has 2 N–H and O–H groups in total. The lowest BCUT2D eigenvalue weighted by molar-refractivity contribution is -0.00232. The molecule has 1 saturated heterocycles. The molecular formula is C20H29N3O4. The van der Waals surface area contributed by atoms with Gasteiger partial charge in [-0.2, -0.15) is 0 Å². The summed E-state index contributed by atoms with van der Waals surface area (Å²) in [6.07, 6.45) is 4.92. The molecular weight excluding hydrogens is 346 g/mol. The maximum atomic E-state index is 12.0. The second-order valence-electron chi connectivity index (χ2n) is 7.28. The number of ether oxygens (including phenoxy) is 2. The second-order valence-corrected chi connectivity index (χ2v) is 7.28. The van der Waals surface area contributed by atoms with Gasteiger partial charge in [0.1, 0.15) is 6.61 Å². The smallest absolute Gasteiger partial charge is 0.410 e. The molecule has 1 aliphatic heterocycles. The highest BCUT2D eigenvalue weighted by molar-refractivity contribution is 5.89. The summed E-state index contributed by atoms with van der Waals surface area (Å²) in [5.41, 5.74) is 1.71. The van der Waals surface area contributed by atoms with Gasteiger partial charge in [-0.3, -0.25) is 0 Å². The van der Waals surface area contributed by atoms with Crippen LogP contribution in [-0.2, 0) is 16.0 Å². The van der Waals surface area contributed by atoms with Gasteiger partial charge in [-0.15, -0.1) is 0 Å². The van der Waals surface area contributed by atoms with Crippen molar-refractivity contribution in [3.05, 3.63) is 29.8 Å². The Balaban J connectivity index is 1.34. The lowest BCUT2D eigenvalue weighted by atomic mass is 9.88. The minimum Gasteiger partial charge on any atom is -0.448 e. The third-order valence-corrected chi connectivity index (χ3v) is 5.18. The Morgan fingerprint density at radius 3 is 2.74 bits per heavy atom. The number of hydrogen-bond donors (Lipinski definition) is 2. The van der Waals surface area contributed by atoms with Crippen molar-refractivity contribution in [2.45, 2.75) is 45.3 Å². The Bertz CT molecular complexity index is 635. The third kappa shape index (κ3) is 5.85. The van der Waals surface area contributed by atoms with E-state index in [1.54, 1.807) is 4.90 Å². The number of carbonyl (C=O) groups is 2. The standard InChI is InChI=1S/C20H29N3O4/c1-15-4-2-3-5-18(15)26-12-10-21-19(24)22-17-8-6-16(7-9-17)14-23-11-13-27-20(23)25/h6-9,15,18H,2-5,10-14H2,1H3,(H2,21,22,24)/t15-,18+/m1/s1. The molecule has 2 aliphatic rings. The Kier molecular flexibility index (Phi) is 6.92. The van der Waals surface area contributed by atoms with E-state index in [0.717, 1.165) is 12.0 Å². The zero-order valence-corrected chi connectivity index (χ0v) is 15.9. The first-order chi connectivity index (χ1) is 13.1. The molecule has 1 heterocycles. The topological polar surface area (TPSA) is 79.9 Å². The molecule has 2 fully saturated rings. The predicted octanol–water partition coefficient (Wildman–Crippen LogP) is 3.36. The summed E-state index contributed by atoms with van der Waals surface area (Å²) in [5.74, 6) is 0.605. The van der Waals surface area contributed by atoms with Crippen molar-refractivity contribution in [2.75, 3.05) is 31.6 Å². The Labute approximate surface area is 160 Å². The van der Waals surface area contributed by atoms with Crippen LogP contribution in [0.2, 0.25) is 0 Å². The minimum absolute atomic E-state index is 0.244. The van der Waals surface area contributed by atoms with Crippen molar-refractivity contribution in [1.29, 1.82) is 0 Å². The molecule has 1 aromatic carbocycles. The molecule has 148 valence electrons. The minimum atomic E-state index is -0.276. The molecule has 0 radical (unpaired) electrons. The van der Waals surface area contributed by atoms with Gasteiger partial charge in [0.15, 0.2) is 0 Å². The van der Waals surface area contributed by atoms with Crippen LogP contribution in [0.15, 0.2) is 24.3 Å². The summed E-state index contributed by atoms with van der Waals surface area (Å²) in [5, 5.41) is 5.63. The number of nitrogens with zero attached hydrogens (tertiary/aromatic N) is 1. The van der Waals surface area contributed by atoms with E-state index in [2.05, 4.69) is 17.6 Å². The van der Waals surface area contributed by atoms with Gasteiger partial charge in [0, 0.05) is 18.8 Å². The number of nitrogens with one attached hydrogen (secondary N) is 2. The van der Waals surface area contributed by atoms with E-state index < -0.39 is 0 Å². The van der Waals surface area contributed by atoms with E-state index in [4.69, 9.17) is 9.47 Å². The first kappa shape index (κ1) is 19.5. The van der Waals surface area contributed by atoms with Crippen LogP contribution in [0.25, 0.3) is 0 Å². The van der Waals surface area contributed by atoms with Gasteiger partial charge in [-0.25, -0.2) is 9.59 Å². The van der Waals surface area contributed by atoms with Gasteiger partial charge in [0.05, 0.1) is 19.3 Å². The Morgan fingerprint density at radius 1 is 1.26 bits per heavy atom. The van der Waals surface area contributed by atoms with Gasteiger partial charge in [-0.05, 0) is 36.5 Å². The number of urea groups is 1. The van der Waals surface area contributed by atoms with Gasteiger partial charge in [0.25, 0.3) is 0 Å². The van der Waals surface area contributed by atoms with Crippen molar-refractivity contribution in [2.24, 2.45) is 5.92 Å². The largest absolute Gasteiger partial charge is 0.448 e. The summed E-state index contributed by atoms with van der Waals surface area (Å²) in [6, 6.07) is 7.21. The highest BCUT2D eigenvalue weighted by Crippen LogP contribution is 2.26. The zero-order valence-electron chi connectivity index (χ0n) is 15.9. The quantitative estimate of drug-likeness (QED) is 0.716. The number of hydrogen-bond acceptors (Lipinski definition) is 4. The number of carbonyl (C=O) groups excluding carboxylic acids is 2. The van der Waals surface area contributed by atoms with Crippen LogP contribution < -0.4 is 10.6 Å². The number of benzene rings is 1. The second kappa shape index (κ2) is 9.60. The normalized spacial score (nSPS) is 22.4. The molecule has 3 amide bonds. The van der Waals surface area contributed by atoms with E-state index in [1.165, 1.54) is 19.3 Å². The highest BCUT2D eigenvalue weighted by atomic mass is 16.6. The van der Waals surface area contributed by atoms with Crippen LogP contribution in [0.3, 0.4) is 0 Å². The van der Waals surface area contributed by atoms with Crippen LogP contribution in [0.4, 0.5) is 15.3 Å². The van der Waals surface area contributed by atoms with Gasteiger partial charge in [-0.1, -0.05) is 31.9 Å². The number of cyclic esters (lactones) is 1. The summed E-state index contributed by atoms with van der Waals surface area (Å²) >= 11 is 0. The zero-order chi connectivity index (χ0) is 19.1. The van der Waals surface area contributed by atoms with Crippen molar-refractivity contribution in [1.82, 2.24) is 10.2 Å². The summed E-state index contributed by atoms with van der Waals surface area (Å²) in [7, 11) is 0. The van der Waals surface area contributed by atoms with E-state index in [1.807, 2.05) is 24.3 Å². The molecule has 27 heavy (non-hydrogen) atoms. The van der Waals surface area contributed by atoms with Gasteiger partial charge >= 0.3 is 12.1 Å². The summed E-state index contributed by atoms with van der Waals surface area (Å²) in [4.78, 5) is 25.1. The molecule has 0 aromatic heterocycles. The summed E-state index contributed by atoms with van der Waals surface area (Å²) in [6.45, 7) is 4.84. The third-order valence-electron chi connectivity index (χ3n) is 5.18. The van der Waals surface area contributed by atoms with Crippen LogP contribution in [0, 0.1) is 5.92 Å². The molecule has 1 aromatic rings. The van der Waals surface area contributed by atoms with Crippen molar-refractivity contribution < 1.29 is 19.1 Å². The summed E-state index contributed by atoms with van der Waals surface area (Å²) < 4.78 is 10.8. The highest BCUT2D eigenvalue weighted by Gasteiger charge is 2.22. The van der Waals surface area contributed by atoms with E-state index in [0.29, 0.717) is 50.6 Å². The van der Waals surface area contributed by atoms with Crippen LogP contribution in [-0.4, -0.2) is 49.4 Å². The fourth-order valence-corrected chi connectivity index (χ4v) is 3.56. The predicted molar refractivity (Wildman–Crippen MR) is 103 cm³/mol. The first-order valence-corrected chi connectivity index (χ1v) is 9.79. The lowest BCUT2D eigenvalue weighted by Gasteiger charge is -2.28. The molecule has 7 nitrogen and oxygen atoms in total. The molecule has 7 heteroatoms. The fourth-order valence-electron chi connectivity index (χ4n) is 3.56. The molecule has 2 atom stereocenters. The van der Waals surface area contributed by atoms with Crippen molar-refractivity contribution in [3.63, 3.8) is 0 Å². The first-order valence-electron chi connectivity index (χ1n) is 9.79. The van der Waals surface area contributed by atoms with Crippen LogP contribution in [0.1, 0.15) is 38.2 Å². The van der Waals surface area contributed by atoms with Crippen LogP contribution in [0.5, 0.6) is 0 Å². The average Bonchev–Trinajstić information content (AvgIpc) is 3.06. The van der Waals surface area contributed by atoms with Crippen LogP contribution >= 0.6 is 0 Å². The van der Waals surface area contributed by atoms with E-state index >= 15 is 0 Å².